The molecule has 3 aromatic rings. The maximum Gasteiger partial charge on any atom is 0.227 e. The fourth-order valence-corrected chi connectivity index (χ4v) is 3.50. The molecule has 1 amide bonds. The van der Waals surface area contributed by atoms with Crippen LogP contribution in [0.3, 0.4) is 0 Å². The van der Waals surface area contributed by atoms with Crippen molar-refractivity contribution in [2.75, 3.05) is 24.1 Å². The lowest BCUT2D eigenvalue weighted by Gasteiger charge is -2.31. The highest BCUT2D eigenvalue weighted by Crippen LogP contribution is 2.25. The number of furan rings is 1. The van der Waals surface area contributed by atoms with Crippen LogP contribution in [0, 0.1) is 5.92 Å². The molecule has 0 bridgehead atoms. The SMILES string of the molecule is Nc1ncc(CN2CCC(C(=O)Nc3cccc(-c4ccco4)c3)CC2)cn1. The van der Waals surface area contributed by atoms with Crippen molar-refractivity contribution in [3.05, 3.63) is 60.6 Å². The molecule has 1 aliphatic heterocycles. The minimum absolute atomic E-state index is 0.0196. The van der Waals surface area contributed by atoms with Crippen molar-refractivity contribution in [2.45, 2.75) is 19.4 Å². The van der Waals surface area contributed by atoms with Gasteiger partial charge in [-0.2, -0.15) is 0 Å². The van der Waals surface area contributed by atoms with Crippen LogP contribution in [0.2, 0.25) is 0 Å². The molecule has 0 radical (unpaired) electrons. The third-order valence-electron chi connectivity index (χ3n) is 5.03. The lowest BCUT2D eigenvalue weighted by Crippen LogP contribution is -2.37. The quantitative estimate of drug-likeness (QED) is 0.709. The van der Waals surface area contributed by atoms with Crippen molar-refractivity contribution in [3.63, 3.8) is 0 Å². The number of nitrogens with one attached hydrogen (secondary N) is 1. The van der Waals surface area contributed by atoms with Gasteiger partial charge >= 0.3 is 0 Å². The molecule has 7 heteroatoms. The number of nitrogen functional groups attached to an aromatic ring is 1. The van der Waals surface area contributed by atoms with Crippen molar-refractivity contribution >= 4 is 17.5 Å². The lowest BCUT2D eigenvalue weighted by molar-refractivity contribution is -0.121. The number of nitrogens with zero attached hydrogens (tertiary/aromatic N) is 3. The average molecular weight is 377 g/mol. The molecule has 3 N–H and O–H groups in total. The molecule has 0 aliphatic carbocycles. The first-order valence-corrected chi connectivity index (χ1v) is 9.41. The lowest BCUT2D eigenvalue weighted by atomic mass is 9.95. The van der Waals surface area contributed by atoms with E-state index >= 15 is 0 Å². The number of likely N-dealkylation sites (tertiary alicyclic amines) is 1. The highest BCUT2D eigenvalue weighted by molar-refractivity contribution is 5.93. The fraction of sp³-hybridized carbons (Fsp3) is 0.286. The molecule has 1 aliphatic rings. The zero-order valence-electron chi connectivity index (χ0n) is 15.5. The van der Waals surface area contributed by atoms with E-state index in [-0.39, 0.29) is 17.8 Å². The fourth-order valence-electron chi connectivity index (χ4n) is 3.50. The summed E-state index contributed by atoms with van der Waals surface area (Å²) in [5, 5.41) is 3.05. The van der Waals surface area contributed by atoms with Gasteiger partial charge in [0.15, 0.2) is 0 Å². The Morgan fingerprint density at radius 2 is 1.96 bits per heavy atom. The molecule has 0 atom stereocenters. The largest absolute Gasteiger partial charge is 0.464 e. The third-order valence-corrected chi connectivity index (χ3v) is 5.03. The van der Waals surface area contributed by atoms with Gasteiger partial charge in [0.05, 0.1) is 6.26 Å². The van der Waals surface area contributed by atoms with Gasteiger partial charge in [-0.25, -0.2) is 9.97 Å². The topological polar surface area (TPSA) is 97.3 Å². The number of piperidine rings is 1. The summed E-state index contributed by atoms with van der Waals surface area (Å²) in [5.41, 5.74) is 8.30. The molecule has 1 aromatic carbocycles. The summed E-state index contributed by atoms with van der Waals surface area (Å²) in [7, 11) is 0. The first-order valence-electron chi connectivity index (χ1n) is 9.41. The summed E-state index contributed by atoms with van der Waals surface area (Å²) in [5.74, 6) is 1.17. The van der Waals surface area contributed by atoms with Gasteiger partial charge in [0.25, 0.3) is 0 Å². The van der Waals surface area contributed by atoms with Crippen molar-refractivity contribution in [1.82, 2.24) is 14.9 Å². The van der Waals surface area contributed by atoms with E-state index < -0.39 is 0 Å². The maximum atomic E-state index is 12.7. The monoisotopic (exact) mass is 377 g/mol. The van der Waals surface area contributed by atoms with Crippen molar-refractivity contribution in [3.8, 4) is 11.3 Å². The van der Waals surface area contributed by atoms with Crippen molar-refractivity contribution in [2.24, 2.45) is 5.92 Å². The molecule has 3 heterocycles. The van der Waals surface area contributed by atoms with E-state index in [1.165, 1.54) is 0 Å². The Balaban J connectivity index is 1.31. The molecule has 2 aromatic heterocycles. The highest BCUT2D eigenvalue weighted by Gasteiger charge is 2.25. The maximum absolute atomic E-state index is 12.7. The Kier molecular flexibility index (Phi) is 5.34. The van der Waals surface area contributed by atoms with Crippen LogP contribution in [0.25, 0.3) is 11.3 Å². The summed E-state index contributed by atoms with van der Waals surface area (Å²) in [6.45, 7) is 2.52. The predicted molar refractivity (Wildman–Crippen MR) is 107 cm³/mol. The van der Waals surface area contributed by atoms with Crippen molar-refractivity contribution in [1.29, 1.82) is 0 Å². The Morgan fingerprint density at radius 3 is 2.68 bits per heavy atom. The van der Waals surface area contributed by atoms with Gasteiger partial charge in [0, 0.05) is 41.7 Å². The van der Waals surface area contributed by atoms with Gasteiger partial charge in [-0.3, -0.25) is 9.69 Å². The molecule has 1 fully saturated rings. The average Bonchev–Trinajstić information content (AvgIpc) is 3.25. The normalized spacial score (nSPS) is 15.4. The summed E-state index contributed by atoms with van der Waals surface area (Å²) in [4.78, 5) is 23.1. The summed E-state index contributed by atoms with van der Waals surface area (Å²) < 4.78 is 5.43. The van der Waals surface area contributed by atoms with Crippen LogP contribution in [0.15, 0.2) is 59.5 Å². The molecule has 0 spiro atoms. The summed E-state index contributed by atoms with van der Waals surface area (Å²) in [6, 6.07) is 11.5. The second-order valence-corrected chi connectivity index (χ2v) is 7.05. The third kappa shape index (κ3) is 4.37. The first kappa shape index (κ1) is 18.2. The molecule has 144 valence electrons. The van der Waals surface area contributed by atoms with Gasteiger partial charge < -0.3 is 15.5 Å². The number of aromatic nitrogens is 2. The number of rotatable bonds is 5. The van der Waals surface area contributed by atoms with Gasteiger partial charge in [-0.05, 0) is 50.2 Å². The van der Waals surface area contributed by atoms with Crippen LogP contribution in [0.5, 0.6) is 0 Å². The number of carbonyl (C=O) groups excluding carboxylic acids is 1. The second-order valence-electron chi connectivity index (χ2n) is 7.05. The van der Waals surface area contributed by atoms with Gasteiger partial charge in [0.2, 0.25) is 11.9 Å². The number of amides is 1. The zero-order chi connectivity index (χ0) is 19.3. The molecule has 7 nitrogen and oxygen atoms in total. The van der Waals surface area contributed by atoms with Crippen LogP contribution < -0.4 is 11.1 Å². The number of anilines is 2. The predicted octanol–water partition coefficient (Wildman–Crippen LogP) is 3.17. The Labute approximate surface area is 163 Å². The molecular weight excluding hydrogens is 354 g/mol. The van der Waals surface area contributed by atoms with Crippen LogP contribution in [-0.4, -0.2) is 33.9 Å². The first-order chi connectivity index (χ1) is 13.7. The Bertz CT molecular complexity index is 916. The number of hydrogen-bond donors (Lipinski definition) is 2. The van der Waals surface area contributed by atoms with Crippen LogP contribution in [0.1, 0.15) is 18.4 Å². The highest BCUT2D eigenvalue weighted by atomic mass is 16.3. The van der Waals surface area contributed by atoms with Gasteiger partial charge in [-0.15, -0.1) is 0 Å². The molecule has 1 saturated heterocycles. The van der Waals surface area contributed by atoms with E-state index in [2.05, 4.69) is 20.2 Å². The molecule has 4 rings (SSSR count). The molecule has 0 unspecified atom stereocenters. The number of benzene rings is 1. The van der Waals surface area contributed by atoms with E-state index in [4.69, 9.17) is 10.2 Å². The van der Waals surface area contributed by atoms with Crippen LogP contribution in [-0.2, 0) is 11.3 Å². The van der Waals surface area contributed by atoms with Gasteiger partial charge in [-0.1, -0.05) is 12.1 Å². The molecule has 28 heavy (non-hydrogen) atoms. The second kappa shape index (κ2) is 8.22. The van der Waals surface area contributed by atoms with E-state index in [0.717, 1.165) is 55.1 Å². The van der Waals surface area contributed by atoms with Gasteiger partial charge in [0.1, 0.15) is 5.76 Å². The van der Waals surface area contributed by atoms with E-state index in [1.54, 1.807) is 18.7 Å². The molecule has 0 saturated carbocycles. The van der Waals surface area contributed by atoms with Crippen LogP contribution >= 0.6 is 0 Å². The van der Waals surface area contributed by atoms with E-state index in [1.807, 2.05) is 36.4 Å². The minimum Gasteiger partial charge on any atom is -0.464 e. The standard InChI is InChI=1S/C21H23N5O2/c22-21-23-12-15(13-24-21)14-26-8-6-16(7-9-26)20(27)25-18-4-1-3-17(11-18)19-5-2-10-28-19/h1-5,10-13,16H,6-9,14H2,(H,25,27)(H2,22,23,24). The Hall–Kier alpha value is -3.19. The zero-order valence-corrected chi connectivity index (χ0v) is 15.5. The summed E-state index contributed by atoms with van der Waals surface area (Å²) in [6.07, 6.45) is 6.82. The van der Waals surface area contributed by atoms with Crippen molar-refractivity contribution < 1.29 is 9.21 Å². The minimum atomic E-state index is 0.0196. The summed E-state index contributed by atoms with van der Waals surface area (Å²) >= 11 is 0. The van der Waals surface area contributed by atoms with Crippen LogP contribution in [0.4, 0.5) is 11.6 Å². The number of hydrogen-bond acceptors (Lipinski definition) is 6. The number of carbonyl (C=O) groups is 1. The number of nitrogens with two attached hydrogens (primary N) is 1. The smallest absolute Gasteiger partial charge is 0.227 e. The van der Waals surface area contributed by atoms with E-state index in [0.29, 0.717) is 0 Å². The Morgan fingerprint density at radius 1 is 1.18 bits per heavy atom. The molecular formula is C21H23N5O2. The van der Waals surface area contributed by atoms with E-state index in [9.17, 15) is 4.79 Å².